The number of aromatic nitrogens is 1. The monoisotopic (exact) mass is 399 g/mol. The van der Waals surface area contributed by atoms with Gasteiger partial charge in [0.1, 0.15) is 5.75 Å². The summed E-state index contributed by atoms with van der Waals surface area (Å²) in [5, 5.41) is 0. The molecule has 0 aliphatic heterocycles. The first-order chi connectivity index (χ1) is 9.63. The van der Waals surface area contributed by atoms with Crippen LogP contribution >= 0.6 is 31.9 Å². The molecule has 0 saturated carbocycles. The fraction of sp³-hybridized carbons (Fsp3) is 0.214. The second-order valence-electron chi connectivity index (χ2n) is 4.28. The van der Waals surface area contributed by atoms with Gasteiger partial charge in [0.2, 0.25) is 0 Å². The molecule has 1 aromatic carbocycles. The molecule has 0 saturated heterocycles. The van der Waals surface area contributed by atoms with E-state index >= 15 is 0 Å². The van der Waals surface area contributed by atoms with Gasteiger partial charge < -0.3 is 4.74 Å². The lowest BCUT2D eigenvalue weighted by Gasteiger charge is -2.19. The van der Waals surface area contributed by atoms with Crippen molar-refractivity contribution in [2.75, 3.05) is 7.11 Å². The number of nitrogens with one attached hydrogen (secondary N) is 1. The summed E-state index contributed by atoms with van der Waals surface area (Å²) in [6, 6.07) is 9.76. The summed E-state index contributed by atoms with van der Waals surface area (Å²) < 4.78 is 7.34. The molecule has 2 aromatic rings. The maximum absolute atomic E-state index is 5.69. The van der Waals surface area contributed by atoms with Crippen LogP contribution in [0.25, 0.3) is 0 Å². The van der Waals surface area contributed by atoms with Crippen LogP contribution in [0.4, 0.5) is 0 Å². The number of hydrogen-bond donors (Lipinski definition) is 2. The third-order valence-electron chi connectivity index (χ3n) is 2.97. The molecule has 0 amide bonds. The predicted octanol–water partition coefficient (Wildman–Crippen LogP) is 3.36. The molecule has 6 heteroatoms. The third kappa shape index (κ3) is 3.79. The molecule has 2 rings (SSSR count). The lowest BCUT2D eigenvalue weighted by Crippen LogP contribution is -2.30. The Hall–Kier alpha value is -0.950. The Labute approximate surface area is 135 Å². The zero-order chi connectivity index (χ0) is 14.5. The summed E-state index contributed by atoms with van der Waals surface area (Å²) in [4.78, 5) is 4.37. The van der Waals surface area contributed by atoms with E-state index in [9.17, 15) is 0 Å². The summed E-state index contributed by atoms with van der Waals surface area (Å²) in [7, 11) is 1.65. The first-order valence-electron chi connectivity index (χ1n) is 6.04. The van der Waals surface area contributed by atoms with Crippen molar-refractivity contribution in [1.29, 1.82) is 0 Å². The van der Waals surface area contributed by atoms with Gasteiger partial charge in [-0.15, -0.1) is 0 Å². The van der Waals surface area contributed by atoms with Crippen molar-refractivity contribution in [3.63, 3.8) is 0 Å². The summed E-state index contributed by atoms with van der Waals surface area (Å²) in [6.07, 6.45) is 2.46. The van der Waals surface area contributed by atoms with Gasteiger partial charge in [0.05, 0.1) is 13.2 Å². The standard InChI is InChI=1S/C14H15Br2N3O/c1-20-14-6-9(15)3-5-12(14)13(19-17)7-11-4-2-10(16)8-18-11/h2-6,8,13,19H,7,17H2,1H3. The summed E-state index contributed by atoms with van der Waals surface area (Å²) in [5.74, 6) is 6.48. The molecule has 0 radical (unpaired) electrons. The van der Waals surface area contributed by atoms with Gasteiger partial charge in [-0.2, -0.15) is 0 Å². The van der Waals surface area contributed by atoms with Crippen LogP contribution in [-0.2, 0) is 6.42 Å². The van der Waals surface area contributed by atoms with E-state index in [1.165, 1.54) is 0 Å². The first kappa shape index (κ1) is 15.4. The van der Waals surface area contributed by atoms with Crippen molar-refractivity contribution < 1.29 is 4.74 Å². The van der Waals surface area contributed by atoms with Crippen LogP contribution in [-0.4, -0.2) is 12.1 Å². The number of nitrogens with two attached hydrogens (primary N) is 1. The molecule has 3 N–H and O–H groups in total. The molecular weight excluding hydrogens is 386 g/mol. The van der Waals surface area contributed by atoms with Crippen LogP contribution in [0.1, 0.15) is 17.3 Å². The zero-order valence-corrected chi connectivity index (χ0v) is 14.1. The summed E-state index contributed by atoms with van der Waals surface area (Å²) >= 11 is 6.81. The van der Waals surface area contributed by atoms with Crippen LogP contribution in [0.15, 0.2) is 45.5 Å². The van der Waals surface area contributed by atoms with Gasteiger partial charge in [0.25, 0.3) is 0 Å². The molecule has 0 fully saturated rings. The topological polar surface area (TPSA) is 60.2 Å². The minimum Gasteiger partial charge on any atom is -0.496 e. The van der Waals surface area contributed by atoms with E-state index in [2.05, 4.69) is 42.3 Å². The number of hydrazine groups is 1. The highest BCUT2D eigenvalue weighted by Crippen LogP contribution is 2.30. The van der Waals surface area contributed by atoms with Gasteiger partial charge in [-0.3, -0.25) is 16.3 Å². The van der Waals surface area contributed by atoms with E-state index in [1.807, 2.05) is 30.3 Å². The number of ether oxygens (including phenoxy) is 1. The predicted molar refractivity (Wildman–Crippen MR) is 86.4 cm³/mol. The molecule has 4 nitrogen and oxygen atoms in total. The normalized spacial score (nSPS) is 12.2. The lowest BCUT2D eigenvalue weighted by molar-refractivity contribution is 0.398. The lowest BCUT2D eigenvalue weighted by atomic mass is 10.0. The Morgan fingerprint density at radius 3 is 2.60 bits per heavy atom. The number of hydrogen-bond acceptors (Lipinski definition) is 4. The summed E-state index contributed by atoms with van der Waals surface area (Å²) in [5.41, 5.74) is 4.79. The Morgan fingerprint density at radius 1 is 1.25 bits per heavy atom. The molecule has 1 atom stereocenters. The SMILES string of the molecule is COc1cc(Br)ccc1C(Cc1ccc(Br)cn1)NN. The van der Waals surface area contributed by atoms with Crippen LogP contribution < -0.4 is 16.0 Å². The van der Waals surface area contributed by atoms with Crippen LogP contribution in [0.3, 0.4) is 0 Å². The van der Waals surface area contributed by atoms with E-state index in [1.54, 1.807) is 13.3 Å². The molecule has 1 heterocycles. The maximum Gasteiger partial charge on any atom is 0.124 e. The molecule has 0 bridgehead atoms. The molecule has 0 aliphatic rings. The van der Waals surface area contributed by atoms with Crippen molar-refractivity contribution in [1.82, 2.24) is 10.4 Å². The third-order valence-corrected chi connectivity index (χ3v) is 3.94. The van der Waals surface area contributed by atoms with Crippen LogP contribution in [0.2, 0.25) is 0 Å². The number of pyridine rings is 1. The van der Waals surface area contributed by atoms with Gasteiger partial charge in [0.15, 0.2) is 0 Å². The highest BCUT2D eigenvalue weighted by atomic mass is 79.9. The smallest absolute Gasteiger partial charge is 0.124 e. The van der Waals surface area contributed by atoms with Gasteiger partial charge >= 0.3 is 0 Å². The fourth-order valence-corrected chi connectivity index (χ4v) is 2.54. The van der Waals surface area contributed by atoms with Crippen LogP contribution in [0.5, 0.6) is 5.75 Å². The maximum atomic E-state index is 5.69. The highest BCUT2D eigenvalue weighted by molar-refractivity contribution is 9.10. The van der Waals surface area contributed by atoms with E-state index in [-0.39, 0.29) is 6.04 Å². The van der Waals surface area contributed by atoms with Gasteiger partial charge in [-0.05, 0) is 40.2 Å². The molecule has 1 aromatic heterocycles. The second-order valence-corrected chi connectivity index (χ2v) is 6.11. The van der Waals surface area contributed by atoms with E-state index in [0.717, 1.165) is 26.0 Å². The molecular formula is C14H15Br2N3O. The van der Waals surface area contributed by atoms with E-state index in [4.69, 9.17) is 10.6 Å². The Bertz CT molecular complexity index is 575. The highest BCUT2D eigenvalue weighted by Gasteiger charge is 2.16. The van der Waals surface area contributed by atoms with Crippen molar-refractivity contribution >= 4 is 31.9 Å². The largest absolute Gasteiger partial charge is 0.496 e. The van der Waals surface area contributed by atoms with E-state index in [0.29, 0.717) is 6.42 Å². The van der Waals surface area contributed by atoms with Crippen molar-refractivity contribution in [3.8, 4) is 5.75 Å². The van der Waals surface area contributed by atoms with Crippen molar-refractivity contribution in [3.05, 3.63) is 56.7 Å². The van der Waals surface area contributed by atoms with Crippen LogP contribution in [0, 0.1) is 0 Å². The quantitative estimate of drug-likeness (QED) is 0.596. The number of halogens is 2. The van der Waals surface area contributed by atoms with Gasteiger partial charge in [-0.25, -0.2) is 0 Å². The minimum atomic E-state index is -0.0632. The number of rotatable bonds is 5. The Balaban J connectivity index is 2.26. The zero-order valence-electron chi connectivity index (χ0n) is 10.9. The number of benzene rings is 1. The fourth-order valence-electron chi connectivity index (χ4n) is 1.97. The Morgan fingerprint density at radius 2 is 2.00 bits per heavy atom. The van der Waals surface area contributed by atoms with Crippen molar-refractivity contribution in [2.24, 2.45) is 5.84 Å². The number of nitrogens with zero attached hydrogens (tertiary/aromatic N) is 1. The summed E-state index contributed by atoms with van der Waals surface area (Å²) in [6.45, 7) is 0. The Kier molecular flexibility index (Phi) is 5.54. The average molecular weight is 401 g/mol. The molecule has 20 heavy (non-hydrogen) atoms. The minimum absolute atomic E-state index is 0.0632. The first-order valence-corrected chi connectivity index (χ1v) is 7.62. The van der Waals surface area contributed by atoms with Gasteiger partial charge in [-0.1, -0.05) is 22.0 Å². The average Bonchev–Trinajstić information content (AvgIpc) is 2.47. The molecule has 106 valence electrons. The number of methoxy groups -OCH3 is 1. The van der Waals surface area contributed by atoms with Gasteiger partial charge in [0, 0.05) is 32.8 Å². The molecule has 0 aliphatic carbocycles. The van der Waals surface area contributed by atoms with E-state index < -0.39 is 0 Å². The molecule has 1 unspecified atom stereocenters. The molecule has 0 spiro atoms. The second kappa shape index (κ2) is 7.17. The van der Waals surface area contributed by atoms with Crippen molar-refractivity contribution in [2.45, 2.75) is 12.5 Å².